The maximum absolute atomic E-state index is 11.7. The predicted molar refractivity (Wildman–Crippen MR) is 67.2 cm³/mol. The summed E-state index contributed by atoms with van der Waals surface area (Å²) in [6, 6.07) is 3.82. The Hall–Kier alpha value is -1.75. The van der Waals surface area contributed by atoms with Crippen LogP contribution in [-0.4, -0.2) is 28.7 Å². The van der Waals surface area contributed by atoms with Crippen LogP contribution in [0.2, 0.25) is 0 Å². The normalized spacial score (nSPS) is 16.3. The molecule has 5 N–H and O–H groups in total. The van der Waals surface area contributed by atoms with Gasteiger partial charge in [0.1, 0.15) is 0 Å². The second kappa shape index (κ2) is 5.27. The first-order valence-corrected chi connectivity index (χ1v) is 6.10. The van der Waals surface area contributed by atoms with Crippen LogP contribution in [-0.2, 0) is 11.2 Å². The Morgan fingerprint density at radius 2 is 2.11 bits per heavy atom. The molecule has 1 aromatic carbocycles. The van der Waals surface area contributed by atoms with E-state index in [1.807, 2.05) is 0 Å². The van der Waals surface area contributed by atoms with Gasteiger partial charge in [0.05, 0.1) is 6.04 Å². The zero-order valence-electron chi connectivity index (χ0n) is 10.1. The largest absolute Gasteiger partial charge is 0.504 e. The molecule has 1 aliphatic rings. The van der Waals surface area contributed by atoms with Crippen LogP contribution in [0, 0.1) is 5.92 Å². The van der Waals surface area contributed by atoms with E-state index in [0.717, 1.165) is 5.56 Å². The van der Waals surface area contributed by atoms with E-state index in [9.17, 15) is 15.0 Å². The molecule has 5 heteroatoms. The summed E-state index contributed by atoms with van der Waals surface area (Å²) in [5.41, 5.74) is 6.51. The minimum Gasteiger partial charge on any atom is -0.504 e. The van der Waals surface area contributed by atoms with Crippen LogP contribution < -0.4 is 11.1 Å². The van der Waals surface area contributed by atoms with Gasteiger partial charge in [-0.3, -0.25) is 4.79 Å². The third-order valence-electron chi connectivity index (χ3n) is 3.09. The first-order chi connectivity index (χ1) is 8.56. The zero-order valence-corrected chi connectivity index (χ0v) is 10.1. The summed E-state index contributed by atoms with van der Waals surface area (Å²) in [6.07, 6.45) is 2.70. The van der Waals surface area contributed by atoms with Crippen LogP contribution in [0.5, 0.6) is 11.5 Å². The van der Waals surface area contributed by atoms with E-state index in [1.165, 1.54) is 25.0 Å². The standard InChI is InChI=1S/C13H18N2O3/c14-10(13(18)15-7-8-1-2-8)5-9-3-4-11(16)12(17)6-9/h3-4,6,8,10,16-17H,1-2,5,7,14H2,(H,15,18)/t10-/m0/s1. The van der Waals surface area contributed by atoms with Gasteiger partial charge in [-0.2, -0.15) is 0 Å². The molecule has 0 radical (unpaired) electrons. The van der Waals surface area contributed by atoms with Crippen molar-refractivity contribution in [3.63, 3.8) is 0 Å². The minimum absolute atomic E-state index is 0.172. The lowest BCUT2D eigenvalue weighted by atomic mass is 10.1. The Morgan fingerprint density at radius 3 is 2.72 bits per heavy atom. The van der Waals surface area contributed by atoms with Crippen molar-refractivity contribution in [3.05, 3.63) is 23.8 Å². The molecule has 0 heterocycles. The number of phenolic OH excluding ortho intramolecular Hbond substituents is 2. The summed E-state index contributed by atoms with van der Waals surface area (Å²) in [6.45, 7) is 0.702. The predicted octanol–water partition coefficient (Wildman–Crippen LogP) is 0.494. The van der Waals surface area contributed by atoms with Crippen LogP contribution in [0.3, 0.4) is 0 Å². The van der Waals surface area contributed by atoms with Gasteiger partial charge in [-0.1, -0.05) is 6.07 Å². The molecule has 0 saturated heterocycles. The van der Waals surface area contributed by atoms with Crippen LogP contribution in [0.4, 0.5) is 0 Å². The summed E-state index contributed by atoms with van der Waals surface area (Å²) in [7, 11) is 0. The van der Waals surface area contributed by atoms with Crippen molar-refractivity contribution in [2.45, 2.75) is 25.3 Å². The average molecular weight is 250 g/mol. The molecule has 1 aromatic rings. The molecule has 0 aliphatic heterocycles. The number of benzene rings is 1. The van der Waals surface area contributed by atoms with E-state index >= 15 is 0 Å². The maximum Gasteiger partial charge on any atom is 0.237 e. The van der Waals surface area contributed by atoms with Gasteiger partial charge in [0.2, 0.25) is 5.91 Å². The third-order valence-corrected chi connectivity index (χ3v) is 3.09. The van der Waals surface area contributed by atoms with E-state index in [4.69, 9.17) is 5.73 Å². The van der Waals surface area contributed by atoms with Gasteiger partial charge < -0.3 is 21.3 Å². The van der Waals surface area contributed by atoms with Crippen molar-refractivity contribution in [1.29, 1.82) is 0 Å². The zero-order chi connectivity index (χ0) is 13.1. The van der Waals surface area contributed by atoms with Gasteiger partial charge in [0, 0.05) is 6.54 Å². The molecule has 1 atom stereocenters. The van der Waals surface area contributed by atoms with Crippen molar-refractivity contribution in [3.8, 4) is 11.5 Å². The number of hydrogen-bond donors (Lipinski definition) is 4. The van der Waals surface area contributed by atoms with E-state index in [2.05, 4.69) is 5.32 Å². The van der Waals surface area contributed by atoms with Crippen LogP contribution in [0.15, 0.2) is 18.2 Å². The average Bonchev–Trinajstić information content (AvgIpc) is 3.14. The molecule has 1 amide bonds. The summed E-state index contributed by atoms with van der Waals surface area (Å²) < 4.78 is 0. The lowest BCUT2D eigenvalue weighted by Gasteiger charge is -2.12. The van der Waals surface area contributed by atoms with Crippen LogP contribution >= 0.6 is 0 Å². The number of carbonyl (C=O) groups is 1. The van der Waals surface area contributed by atoms with Crippen molar-refractivity contribution in [1.82, 2.24) is 5.32 Å². The fraction of sp³-hybridized carbons (Fsp3) is 0.462. The topological polar surface area (TPSA) is 95.6 Å². The number of carbonyl (C=O) groups excluding carboxylic acids is 1. The summed E-state index contributed by atoms with van der Waals surface area (Å²) in [4.78, 5) is 11.7. The number of rotatable bonds is 5. The molecule has 5 nitrogen and oxygen atoms in total. The fourth-order valence-electron chi connectivity index (χ4n) is 1.74. The molecule has 98 valence electrons. The summed E-state index contributed by atoms with van der Waals surface area (Å²) in [5.74, 6) is 0.0805. The molecule has 2 rings (SSSR count). The molecule has 0 aromatic heterocycles. The van der Waals surface area contributed by atoms with Crippen molar-refractivity contribution >= 4 is 5.91 Å². The first-order valence-electron chi connectivity index (χ1n) is 6.10. The molecule has 0 unspecified atom stereocenters. The van der Waals surface area contributed by atoms with Gasteiger partial charge >= 0.3 is 0 Å². The minimum atomic E-state index is -0.632. The lowest BCUT2D eigenvalue weighted by Crippen LogP contribution is -2.42. The van der Waals surface area contributed by atoms with E-state index in [1.54, 1.807) is 6.07 Å². The number of nitrogens with one attached hydrogen (secondary N) is 1. The molecule has 1 aliphatic carbocycles. The molecule has 0 spiro atoms. The fourth-order valence-corrected chi connectivity index (χ4v) is 1.74. The number of phenols is 2. The Bertz CT molecular complexity index is 444. The smallest absolute Gasteiger partial charge is 0.237 e. The number of aromatic hydroxyl groups is 2. The summed E-state index contributed by atoms with van der Waals surface area (Å²) in [5, 5.41) is 21.3. The molecule has 1 fully saturated rings. The van der Waals surface area contributed by atoms with Crippen molar-refractivity contribution in [2.75, 3.05) is 6.54 Å². The number of nitrogens with two attached hydrogens (primary N) is 1. The van der Waals surface area contributed by atoms with Crippen LogP contribution in [0.1, 0.15) is 18.4 Å². The highest BCUT2D eigenvalue weighted by Crippen LogP contribution is 2.27. The van der Waals surface area contributed by atoms with Gasteiger partial charge in [0.15, 0.2) is 11.5 Å². The van der Waals surface area contributed by atoms with Crippen LogP contribution in [0.25, 0.3) is 0 Å². The van der Waals surface area contributed by atoms with E-state index in [-0.39, 0.29) is 17.4 Å². The monoisotopic (exact) mass is 250 g/mol. The lowest BCUT2D eigenvalue weighted by molar-refractivity contribution is -0.122. The number of amides is 1. The van der Waals surface area contributed by atoms with Crippen molar-refractivity contribution < 1.29 is 15.0 Å². The molecule has 0 bridgehead atoms. The molecular weight excluding hydrogens is 232 g/mol. The Morgan fingerprint density at radius 1 is 1.39 bits per heavy atom. The second-order valence-corrected chi connectivity index (χ2v) is 4.82. The van der Waals surface area contributed by atoms with E-state index < -0.39 is 6.04 Å². The van der Waals surface area contributed by atoms with Gasteiger partial charge in [-0.25, -0.2) is 0 Å². The van der Waals surface area contributed by atoms with E-state index in [0.29, 0.717) is 18.9 Å². The first kappa shape index (κ1) is 12.7. The molecule has 18 heavy (non-hydrogen) atoms. The Labute approximate surface area is 106 Å². The molecule has 1 saturated carbocycles. The van der Waals surface area contributed by atoms with Gasteiger partial charge in [-0.15, -0.1) is 0 Å². The number of hydrogen-bond acceptors (Lipinski definition) is 4. The highest BCUT2D eigenvalue weighted by molar-refractivity contribution is 5.81. The van der Waals surface area contributed by atoms with Gasteiger partial charge in [0.25, 0.3) is 0 Å². The Kier molecular flexibility index (Phi) is 3.72. The quantitative estimate of drug-likeness (QED) is 0.572. The molecular formula is C13H18N2O3. The highest BCUT2D eigenvalue weighted by atomic mass is 16.3. The third kappa shape index (κ3) is 3.37. The Balaban J connectivity index is 1.86. The summed E-state index contributed by atoms with van der Waals surface area (Å²) >= 11 is 0. The van der Waals surface area contributed by atoms with Gasteiger partial charge in [-0.05, 0) is 42.9 Å². The SMILES string of the molecule is N[C@@H](Cc1ccc(O)c(O)c1)C(=O)NCC1CC1. The highest BCUT2D eigenvalue weighted by Gasteiger charge is 2.23. The van der Waals surface area contributed by atoms with Crippen molar-refractivity contribution in [2.24, 2.45) is 11.7 Å². The maximum atomic E-state index is 11.7. The second-order valence-electron chi connectivity index (χ2n) is 4.82.